The SMILES string of the molecule is CCC(C)c1ccccc1NC(=O)COC(=O)c1n[nH]c(=O)c2ccccc12. The van der Waals surface area contributed by atoms with E-state index in [0.29, 0.717) is 16.5 Å². The zero-order chi connectivity index (χ0) is 20.1. The number of nitrogens with one attached hydrogen (secondary N) is 2. The molecule has 0 aliphatic rings. The molecule has 28 heavy (non-hydrogen) atoms. The van der Waals surface area contributed by atoms with Gasteiger partial charge in [-0.05, 0) is 30.0 Å². The number of amides is 1. The summed E-state index contributed by atoms with van der Waals surface area (Å²) in [6, 6.07) is 14.1. The third-order valence-corrected chi connectivity index (χ3v) is 4.60. The van der Waals surface area contributed by atoms with Crippen LogP contribution in [-0.2, 0) is 9.53 Å². The minimum atomic E-state index is -0.780. The third-order valence-electron chi connectivity index (χ3n) is 4.60. The highest BCUT2D eigenvalue weighted by atomic mass is 16.5. The fourth-order valence-corrected chi connectivity index (χ4v) is 2.92. The monoisotopic (exact) mass is 379 g/mol. The highest BCUT2D eigenvalue weighted by Gasteiger charge is 2.17. The fraction of sp³-hybridized carbons (Fsp3) is 0.238. The normalized spacial score (nSPS) is 11.8. The van der Waals surface area contributed by atoms with Crippen LogP contribution in [0.15, 0.2) is 53.3 Å². The van der Waals surface area contributed by atoms with Crippen molar-refractivity contribution in [1.82, 2.24) is 10.2 Å². The van der Waals surface area contributed by atoms with E-state index in [1.807, 2.05) is 24.3 Å². The maximum Gasteiger partial charge on any atom is 0.359 e. The predicted octanol–water partition coefficient (Wildman–Crippen LogP) is 3.23. The summed E-state index contributed by atoms with van der Waals surface area (Å²) < 4.78 is 5.10. The maximum absolute atomic E-state index is 12.4. The van der Waals surface area contributed by atoms with Crippen molar-refractivity contribution in [2.24, 2.45) is 0 Å². The molecule has 7 heteroatoms. The molecule has 0 saturated carbocycles. The van der Waals surface area contributed by atoms with Crippen molar-refractivity contribution in [2.75, 3.05) is 11.9 Å². The molecule has 3 rings (SSSR count). The van der Waals surface area contributed by atoms with Gasteiger partial charge in [-0.25, -0.2) is 9.89 Å². The molecule has 0 fully saturated rings. The molecule has 0 spiro atoms. The first-order valence-corrected chi connectivity index (χ1v) is 9.04. The van der Waals surface area contributed by atoms with Crippen LogP contribution < -0.4 is 10.9 Å². The zero-order valence-electron chi connectivity index (χ0n) is 15.7. The van der Waals surface area contributed by atoms with Gasteiger partial charge < -0.3 is 10.1 Å². The summed E-state index contributed by atoms with van der Waals surface area (Å²) >= 11 is 0. The van der Waals surface area contributed by atoms with Crippen molar-refractivity contribution in [1.29, 1.82) is 0 Å². The number of aromatic nitrogens is 2. The van der Waals surface area contributed by atoms with Crippen LogP contribution >= 0.6 is 0 Å². The molecule has 1 amide bonds. The van der Waals surface area contributed by atoms with Gasteiger partial charge in [-0.2, -0.15) is 5.10 Å². The largest absolute Gasteiger partial charge is 0.451 e. The number of fused-ring (bicyclic) bond motifs is 1. The Hall–Kier alpha value is -3.48. The minimum Gasteiger partial charge on any atom is -0.451 e. The van der Waals surface area contributed by atoms with Crippen molar-refractivity contribution < 1.29 is 14.3 Å². The van der Waals surface area contributed by atoms with Gasteiger partial charge in [-0.15, -0.1) is 0 Å². The number of esters is 1. The molecule has 1 unspecified atom stereocenters. The second-order valence-electron chi connectivity index (χ2n) is 6.47. The summed E-state index contributed by atoms with van der Waals surface area (Å²) in [5.74, 6) is -0.939. The van der Waals surface area contributed by atoms with E-state index in [0.717, 1.165) is 12.0 Å². The van der Waals surface area contributed by atoms with E-state index in [1.54, 1.807) is 24.3 Å². The first-order chi connectivity index (χ1) is 13.5. The molecule has 0 radical (unpaired) electrons. The Bertz CT molecular complexity index is 1070. The van der Waals surface area contributed by atoms with Crippen molar-refractivity contribution >= 4 is 28.3 Å². The average molecular weight is 379 g/mol. The smallest absolute Gasteiger partial charge is 0.359 e. The van der Waals surface area contributed by atoms with Gasteiger partial charge in [0.15, 0.2) is 12.3 Å². The Morgan fingerprint density at radius 2 is 1.79 bits per heavy atom. The number of rotatable bonds is 6. The van der Waals surface area contributed by atoms with Crippen LogP contribution in [0, 0.1) is 0 Å². The van der Waals surface area contributed by atoms with Crippen LogP contribution in [0.5, 0.6) is 0 Å². The Balaban J connectivity index is 1.70. The summed E-state index contributed by atoms with van der Waals surface area (Å²) in [4.78, 5) is 36.4. The van der Waals surface area contributed by atoms with Crippen LogP contribution in [0.3, 0.4) is 0 Å². The summed E-state index contributed by atoms with van der Waals surface area (Å²) in [5.41, 5.74) is 1.29. The molecule has 144 valence electrons. The van der Waals surface area contributed by atoms with Crippen molar-refractivity contribution in [2.45, 2.75) is 26.2 Å². The van der Waals surface area contributed by atoms with E-state index in [-0.39, 0.29) is 11.6 Å². The van der Waals surface area contributed by atoms with Gasteiger partial charge in [0, 0.05) is 11.1 Å². The van der Waals surface area contributed by atoms with E-state index in [1.165, 1.54) is 0 Å². The second-order valence-corrected chi connectivity index (χ2v) is 6.47. The summed E-state index contributed by atoms with van der Waals surface area (Å²) in [5, 5.41) is 9.53. The molecular weight excluding hydrogens is 358 g/mol. The summed E-state index contributed by atoms with van der Waals surface area (Å²) in [6.07, 6.45) is 0.937. The molecular formula is C21H21N3O4. The number of aromatic amines is 1. The standard InChI is InChI=1S/C21H21N3O4/c1-3-13(2)14-8-6-7-11-17(14)22-18(25)12-28-21(27)19-15-9-4-5-10-16(15)20(26)24-23-19/h4-11,13H,3,12H2,1-2H3,(H,22,25)(H,24,26). The first-order valence-electron chi connectivity index (χ1n) is 9.04. The molecule has 2 aromatic carbocycles. The Kier molecular flexibility index (Phi) is 5.84. The van der Waals surface area contributed by atoms with Gasteiger partial charge in [-0.3, -0.25) is 9.59 Å². The zero-order valence-corrected chi connectivity index (χ0v) is 15.7. The number of anilines is 1. The lowest BCUT2D eigenvalue weighted by Crippen LogP contribution is -2.23. The number of hydrogen-bond donors (Lipinski definition) is 2. The molecule has 1 heterocycles. The van der Waals surface area contributed by atoms with Gasteiger partial charge in [0.2, 0.25) is 0 Å². The second kappa shape index (κ2) is 8.47. The number of nitrogens with zero attached hydrogens (tertiary/aromatic N) is 1. The quantitative estimate of drug-likeness (QED) is 0.640. The van der Waals surface area contributed by atoms with Gasteiger partial charge in [0.05, 0.1) is 5.39 Å². The van der Waals surface area contributed by atoms with Crippen LogP contribution in [0.2, 0.25) is 0 Å². The van der Waals surface area contributed by atoms with Crippen molar-refractivity contribution in [3.05, 3.63) is 70.1 Å². The highest BCUT2D eigenvalue weighted by molar-refractivity contribution is 6.03. The molecule has 0 aliphatic heterocycles. The van der Waals surface area contributed by atoms with Crippen LogP contribution in [0.4, 0.5) is 5.69 Å². The Labute approximate surface area is 161 Å². The number of H-pyrrole nitrogens is 1. The molecule has 0 saturated heterocycles. The molecule has 3 aromatic rings. The molecule has 7 nitrogen and oxygen atoms in total. The summed E-state index contributed by atoms with van der Waals surface area (Å²) in [7, 11) is 0. The van der Waals surface area contributed by atoms with Crippen molar-refractivity contribution in [3.63, 3.8) is 0 Å². The topological polar surface area (TPSA) is 101 Å². The summed E-state index contributed by atoms with van der Waals surface area (Å²) in [6.45, 7) is 3.70. The Morgan fingerprint density at radius 1 is 1.11 bits per heavy atom. The molecule has 1 aromatic heterocycles. The van der Waals surface area contributed by atoms with E-state index in [2.05, 4.69) is 29.4 Å². The van der Waals surface area contributed by atoms with E-state index in [4.69, 9.17) is 4.74 Å². The van der Waals surface area contributed by atoms with E-state index < -0.39 is 24.0 Å². The lowest BCUT2D eigenvalue weighted by molar-refractivity contribution is -0.119. The highest BCUT2D eigenvalue weighted by Crippen LogP contribution is 2.26. The lowest BCUT2D eigenvalue weighted by Gasteiger charge is -2.15. The van der Waals surface area contributed by atoms with Crippen molar-refractivity contribution in [3.8, 4) is 0 Å². The van der Waals surface area contributed by atoms with Gasteiger partial charge in [0.25, 0.3) is 11.5 Å². The number of carbonyl (C=O) groups excluding carboxylic acids is 2. The molecule has 1 atom stereocenters. The van der Waals surface area contributed by atoms with Gasteiger partial charge >= 0.3 is 5.97 Å². The van der Waals surface area contributed by atoms with E-state index in [9.17, 15) is 14.4 Å². The van der Waals surface area contributed by atoms with Crippen LogP contribution in [0.25, 0.3) is 10.8 Å². The molecule has 0 aliphatic carbocycles. The van der Waals surface area contributed by atoms with Gasteiger partial charge in [0.1, 0.15) is 0 Å². The number of benzene rings is 2. The van der Waals surface area contributed by atoms with E-state index >= 15 is 0 Å². The van der Waals surface area contributed by atoms with Gasteiger partial charge in [-0.1, -0.05) is 50.2 Å². The first kappa shape index (κ1) is 19.3. The Morgan fingerprint density at radius 3 is 2.54 bits per heavy atom. The van der Waals surface area contributed by atoms with Crippen LogP contribution in [-0.4, -0.2) is 28.7 Å². The number of hydrogen-bond acceptors (Lipinski definition) is 5. The lowest BCUT2D eigenvalue weighted by atomic mass is 9.97. The minimum absolute atomic E-state index is 0.0389. The average Bonchev–Trinajstić information content (AvgIpc) is 2.72. The molecule has 2 N–H and O–H groups in total. The third kappa shape index (κ3) is 4.09. The number of carbonyl (C=O) groups is 2. The maximum atomic E-state index is 12.4. The number of para-hydroxylation sites is 1. The predicted molar refractivity (Wildman–Crippen MR) is 106 cm³/mol. The fourth-order valence-electron chi connectivity index (χ4n) is 2.92. The number of ether oxygens (including phenoxy) is 1. The molecule has 0 bridgehead atoms. The van der Waals surface area contributed by atoms with Crippen LogP contribution in [0.1, 0.15) is 42.2 Å².